The van der Waals surface area contributed by atoms with E-state index in [2.05, 4.69) is 0 Å². The maximum Gasteiger partial charge on any atom is 0.471 e. The van der Waals surface area contributed by atoms with Gasteiger partial charge in [0.25, 0.3) is 0 Å². The van der Waals surface area contributed by atoms with Crippen LogP contribution in [0, 0.1) is 0 Å². The Balaban J connectivity index is 1.96. The van der Waals surface area contributed by atoms with Gasteiger partial charge in [-0.1, -0.05) is 30.3 Å². The number of halogens is 3. The molecule has 0 fully saturated rings. The number of benzene rings is 2. The molecule has 1 amide bonds. The molecule has 0 radical (unpaired) electrons. The summed E-state index contributed by atoms with van der Waals surface area (Å²) in [6.45, 7) is 0. The molecule has 1 unspecified atom stereocenters. The third-order valence-corrected chi connectivity index (χ3v) is 3.41. The second-order valence-electron chi connectivity index (χ2n) is 4.74. The number of alkyl halides is 3. The van der Waals surface area contributed by atoms with E-state index < -0.39 is 18.2 Å². The molecule has 1 aliphatic rings. The van der Waals surface area contributed by atoms with E-state index in [1.807, 2.05) is 12.1 Å². The lowest BCUT2D eigenvalue weighted by molar-refractivity contribution is -0.167. The number of aliphatic hydroxyl groups excluding tert-OH is 1. The molecule has 21 heavy (non-hydrogen) atoms. The highest BCUT2D eigenvalue weighted by atomic mass is 19.4. The summed E-state index contributed by atoms with van der Waals surface area (Å²) in [4.78, 5) is 10.9. The average molecular weight is 293 g/mol. The zero-order chi connectivity index (χ0) is 15.2. The van der Waals surface area contributed by atoms with Gasteiger partial charge in [0.2, 0.25) is 0 Å². The van der Waals surface area contributed by atoms with Crippen molar-refractivity contribution in [3.63, 3.8) is 0 Å². The van der Waals surface area contributed by atoms with E-state index in [9.17, 15) is 23.1 Å². The summed E-state index contributed by atoms with van der Waals surface area (Å²) in [6, 6.07) is 11.5. The predicted molar refractivity (Wildman–Crippen MR) is 70.6 cm³/mol. The maximum atomic E-state index is 12.2. The van der Waals surface area contributed by atoms with E-state index in [0.717, 1.165) is 11.1 Å². The van der Waals surface area contributed by atoms with Crippen LogP contribution >= 0.6 is 0 Å². The van der Waals surface area contributed by atoms with Gasteiger partial charge in [0.1, 0.15) is 6.10 Å². The summed E-state index contributed by atoms with van der Waals surface area (Å²) in [7, 11) is 0. The van der Waals surface area contributed by atoms with Gasteiger partial charge in [-0.15, -0.1) is 0 Å². The lowest BCUT2D eigenvalue weighted by atomic mass is 10.1. The Morgan fingerprint density at radius 3 is 2.43 bits per heavy atom. The van der Waals surface area contributed by atoms with Crippen LogP contribution in [0.3, 0.4) is 0 Å². The Morgan fingerprint density at radius 2 is 1.71 bits per heavy atom. The van der Waals surface area contributed by atoms with Gasteiger partial charge in [-0.05, 0) is 34.4 Å². The number of fused-ring (bicyclic) bond motifs is 3. The average Bonchev–Trinajstić information content (AvgIpc) is 2.72. The van der Waals surface area contributed by atoms with Gasteiger partial charge in [0.15, 0.2) is 0 Å². The Kier molecular flexibility index (Phi) is 2.98. The van der Waals surface area contributed by atoms with Crippen LogP contribution in [-0.2, 0) is 4.79 Å². The summed E-state index contributed by atoms with van der Waals surface area (Å²) in [5.41, 5.74) is 2.78. The number of aliphatic hydroxyl groups is 1. The van der Waals surface area contributed by atoms with Gasteiger partial charge < -0.3 is 10.4 Å². The molecule has 108 valence electrons. The minimum atomic E-state index is -4.94. The monoisotopic (exact) mass is 293 g/mol. The van der Waals surface area contributed by atoms with Crippen LogP contribution in [0.5, 0.6) is 0 Å². The normalized spacial score (nSPS) is 16.3. The molecular formula is C15H10F3NO2. The van der Waals surface area contributed by atoms with Gasteiger partial charge in [0, 0.05) is 5.69 Å². The van der Waals surface area contributed by atoms with E-state index in [1.165, 1.54) is 12.1 Å². The summed E-state index contributed by atoms with van der Waals surface area (Å²) in [5.74, 6) is -2.03. The molecule has 3 nitrogen and oxygen atoms in total. The molecule has 0 spiro atoms. The second-order valence-corrected chi connectivity index (χ2v) is 4.74. The van der Waals surface area contributed by atoms with Gasteiger partial charge in [-0.25, -0.2) is 0 Å². The van der Waals surface area contributed by atoms with Crippen LogP contribution in [0.4, 0.5) is 18.9 Å². The summed E-state index contributed by atoms with van der Waals surface area (Å²) >= 11 is 0. The molecule has 0 saturated carbocycles. The Labute approximate surface area is 118 Å². The molecule has 0 bridgehead atoms. The number of hydrogen-bond donors (Lipinski definition) is 2. The van der Waals surface area contributed by atoms with Crippen molar-refractivity contribution in [3.05, 3.63) is 53.6 Å². The SMILES string of the molecule is O=C(Nc1ccc2c(c1)C(O)c1ccccc1-2)C(F)(F)F. The molecule has 0 aromatic heterocycles. The molecule has 1 aliphatic carbocycles. The molecule has 1 atom stereocenters. The largest absolute Gasteiger partial charge is 0.471 e. The van der Waals surface area contributed by atoms with Crippen LogP contribution in [0.2, 0.25) is 0 Å². The van der Waals surface area contributed by atoms with Crippen molar-refractivity contribution in [2.24, 2.45) is 0 Å². The van der Waals surface area contributed by atoms with Crippen molar-refractivity contribution in [1.29, 1.82) is 0 Å². The van der Waals surface area contributed by atoms with Gasteiger partial charge >= 0.3 is 12.1 Å². The lowest BCUT2D eigenvalue weighted by Crippen LogP contribution is -2.29. The summed E-state index contributed by atoms with van der Waals surface area (Å²) < 4.78 is 36.7. The fourth-order valence-electron chi connectivity index (χ4n) is 2.46. The highest BCUT2D eigenvalue weighted by Crippen LogP contribution is 2.44. The van der Waals surface area contributed by atoms with Crippen molar-refractivity contribution in [3.8, 4) is 11.1 Å². The fourth-order valence-corrected chi connectivity index (χ4v) is 2.46. The number of hydrogen-bond acceptors (Lipinski definition) is 2. The number of carbonyl (C=O) groups is 1. The fraction of sp³-hybridized carbons (Fsp3) is 0.133. The van der Waals surface area contributed by atoms with Crippen molar-refractivity contribution < 1.29 is 23.1 Å². The number of anilines is 1. The first-order valence-corrected chi connectivity index (χ1v) is 6.17. The maximum absolute atomic E-state index is 12.2. The first-order valence-electron chi connectivity index (χ1n) is 6.17. The van der Waals surface area contributed by atoms with Crippen LogP contribution in [0.1, 0.15) is 17.2 Å². The van der Waals surface area contributed by atoms with Crippen molar-refractivity contribution >= 4 is 11.6 Å². The van der Waals surface area contributed by atoms with E-state index >= 15 is 0 Å². The molecule has 2 N–H and O–H groups in total. The highest BCUT2D eigenvalue weighted by Gasteiger charge is 2.39. The van der Waals surface area contributed by atoms with Crippen molar-refractivity contribution in [1.82, 2.24) is 0 Å². The first kappa shape index (κ1) is 13.6. The topological polar surface area (TPSA) is 49.3 Å². The van der Waals surface area contributed by atoms with E-state index in [1.54, 1.807) is 23.5 Å². The van der Waals surface area contributed by atoms with Gasteiger partial charge in [-0.2, -0.15) is 13.2 Å². The summed E-state index contributed by atoms with van der Waals surface area (Å²) in [6.07, 6.45) is -5.85. The number of amides is 1. The molecule has 2 aromatic carbocycles. The second kappa shape index (κ2) is 4.60. The van der Waals surface area contributed by atoms with E-state index in [-0.39, 0.29) is 5.69 Å². The minimum Gasteiger partial charge on any atom is -0.384 e. The molecule has 6 heteroatoms. The van der Waals surface area contributed by atoms with Crippen LogP contribution in [0.25, 0.3) is 11.1 Å². The highest BCUT2D eigenvalue weighted by molar-refractivity contribution is 5.95. The quantitative estimate of drug-likeness (QED) is 0.848. The number of carbonyl (C=O) groups excluding carboxylic acids is 1. The summed E-state index contributed by atoms with van der Waals surface area (Å²) in [5, 5.41) is 12.0. The molecule has 0 saturated heterocycles. The Hall–Kier alpha value is -2.34. The third-order valence-electron chi connectivity index (χ3n) is 3.41. The first-order chi connectivity index (χ1) is 9.88. The third kappa shape index (κ3) is 2.27. The van der Waals surface area contributed by atoms with Crippen LogP contribution < -0.4 is 5.32 Å². The number of nitrogens with one attached hydrogen (secondary N) is 1. The minimum absolute atomic E-state index is 0.00271. The smallest absolute Gasteiger partial charge is 0.384 e. The van der Waals surface area contributed by atoms with Crippen LogP contribution in [-0.4, -0.2) is 17.2 Å². The number of rotatable bonds is 1. The molecule has 2 aromatic rings. The zero-order valence-electron chi connectivity index (χ0n) is 10.6. The van der Waals surface area contributed by atoms with Crippen molar-refractivity contribution in [2.75, 3.05) is 5.32 Å². The van der Waals surface area contributed by atoms with Crippen LogP contribution in [0.15, 0.2) is 42.5 Å². The standard InChI is InChI=1S/C15H10F3NO2/c16-15(17,18)14(21)19-8-5-6-10-9-3-1-2-4-11(9)13(20)12(10)7-8/h1-7,13,20H,(H,19,21). The zero-order valence-corrected chi connectivity index (χ0v) is 10.6. The van der Waals surface area contributed by atoms with E-state index in [0.29, 0.717) is 11.1 Å². The Morgan fingerprint density at radius 1 is 1.05 bits per heavy atom. The molecule has 0 heterocycles. The molecular weight excluding hydrogens is 283 g/mol. The predicted octanol–water partition coefficient (Wildman–Crippen LogP) is 3.25. The molecule has 0 aliphatic heterocycles. The van der Waals surface area contributed by atoms with E-state index in [4.69, 9.17) is 0 Å². The van der Waals surface area contributed by atoms with Gasteiger partial charge in [-0.3, -0.25) is 4.79 Å². The molecule has 3 rings (SSSR count). The van der Waals surface area contributed by atoms with Crippen molar-refractivity contribution in [2.45, 2.75) is 12.3 Å². The lowest BCUT2D eigenvalue weighted by Gasteiger charge is -2.10. The van der Waals surface area contributed by atoms with Gasteiger partial charge in [0.05, 0.1) is 0 Å². The Bertz CT molecular complexity index is 725.